The molecule has 0 aliphatic heterocycles. The van der Waals surface area contributed by atoms with E-state index in [1.54, 1.807) is 12.0 Å². The van der Waals surface area contributed by atoms with Crippen LogP contribution in [-0.2, 0) is 14.2 Å². The van der Waals surface area contributed by atoms with E-state index in [0.29, 0.717) is 19.7 Å². The minimum absolute atomic E-state index is 0.00766. The van der Waals surface area contributed by atoms with Crippen molar-refractivity contribution in [3.05, 3.63) is 59.7 Å². The molecule has 2 aromatic rings. The Hall–Kier alpha value is -3.06. The third kappa shape index (κ3) is 5.53. The van der Waals surface area contributed by atoms with Crippen molar-refractivity contribution in [1.82, 2.24) is 10.2 Å². The summed E-state index contributed by atoms with van der Waals surface area (Å²) in [5.74, 6) is 0.00766. The lowest BCUT2D eigenvalue weighted by Crippen LogP contribution is -2.50. The van der Waals surface area contributed by atoms with E-state index < -0.39 is 23.3 Å². The molecule has 4 rings (SSSR count). The molecular formula is C27H34N2O5. The number of rotatable bonds is 8. The molecule has 0 spiro atoms. The van der Waals surface area contributed by atoms with Gasteiger partial charge in [-0.2, -0.15) is 0 Å². The lowest BCUT2D eigenvalue weighted by molar-refractivity contribution is 0.0172. The molecule has 7 nitrogen and oxygen atoms in total. The standard InChI is InChI=1S/C27H34N2O5/c1-26(2,3)34-25(31)29(15-16-32-4)18-27(13-14-27)28-24(30)33-17-23-21-11-7-5-9-19(21)20-10-6-8-12-22(20)23/h5-12,23H,13-18H2,1-4H3,(H,28,30). The number of carbonyl (C=O) groups excluding carboxylic acids is 2. The van der Waals surface area contributed by atoms with Gasteiger partial charge in [0.1, 0.15) is 12.2 Å². The highest BCUT2D eigenvalue weighted by Crippen LogP contribution is 2.44. The molecule has 2 amide bonds. The van der Waals surface area contributed by atoms with Gasteiger partial charge >= 0.3 is 12.2 Å². The Bertz CT molecular complexity index is 996. The quantitative estimate of drug-likeness (QED) is 0.596. The van der Waals surface area contributed by atoms with Gasteiger partial charge in [-0.15, -0.1) is 0 Å². The van der Waals surface area contributed by atoms with Gasteiger partial charge in [-0.05, 0) is 55.9 Å². The number of carbonyl (C=O) groups is 2. The van der Waals surface area contributed by atoms with Crippen LogP contribution in [0, 0.1) is 0 Å². The summed E-state index contributed by atoms with van der Waals surface area (Å²) >= 11 is 0. The zero-order valence-electron chi connectivity index (χ0n) is 20.4. The Kier molecular flexibility index (Phi) is 6.84. The molecule has 7 heteroatoms. The number of fused-ring (bicyclic) bond motifs is 3. The largest absolute Gasteiger partial charge is 0.449 e. The van der Waals surface area contributed by atoms with Crippen LogP contribution >= 0.6 is 0 Å². The molecule has 0 radical (unpaired) electrons. The SMILES string of the molecule is COCCN(CC1(NC(=O)OCC2c3ccccc3-c3ccccc32)CC1)C(=O)OC(C)(C)C. The summed E-state index contributed by atoms with van der Waals surface area (Å²) in [5, 5.41) is 3.01. The number of amides is 2. The summed E-state index contributed by atoms with van der Waals surface area (Å²) < 4.78 is 16.4. The monoisotopic (exact) mass is 466 g/mol. The molecule has 34 heavy (non-hydrogen) atoms. The number of nitrogens with one attached hydrogen (secondary N) is 1. The van der Waals surface area contributed by atoms with Crippen LogP contribution in [0.15, 0.2) is 48.5 Å². The molecule has 1 fully saturated rings. The van der Waals surface area contributed by atoms with E-state index in [2.05, 4.69) is 29.6 Å². The number of ether oxygens (including phenoxy) is 3. The van der Waals surface area contributed by atoms with Gasteiger partial charge in [0.15, 0.2) is 0 Å². The van der Waals surface area contributed by atoms with Gasteiger partial charge in [0.25, 0.3) is 0 Å². The molecule has 0 heterocycles. The summed E-state index contributed by atoms with van der Waals surface area (Å²) in [4.78, 5) is 27.1. The van der Waals surface area contributed by atoms with Crippen molar-refractivity contribution in [2.75, 3.05) is 33.4 Å². The van der Waals surface area contributed by atoms with Gasteiger partial charge in [0.2, 0.25) is 0 Å². The number of alkyl carbamates (subject to hydrolysis) is 1. The smallest absolute Gasteiger partial charge is 0.410 e. The molecule has 0 unspecified atom stereocenters. The molecule has 0 aromatic heterocycles. The van der Waals surface area contributed by atoms with Crippen molar-refractivity contribution in [2.24, 2.45) is 0 Å². The van der Waals surface area contributed by atoms with E-state index >= 15 is 0 Å². The van der Waals surface area contributed by atoms with Crippen molar-refractivity contribution in [1.29, 1.82) is 0 Å². The second-order valence-corrected chi connectivity index (χ2v) is 10.1. The van der Waals surface area contributed by atoms with E-state index in [-0.39, 0.29) is 12.5 Å². The van der Waals surface area contributed by atoms with Crippen molar-refractivity contribution in [3.63, 3.8) is 0 Å². The molecule has 0 bridgehead atoms. The van der Waals surface area contributed by atoms with Crippen LogP contribution in [0.4, 0.5) is 9.59 Å². The van der Waals surface area contributed by atoms with Crippen LogP contribution in [0.5, 0.6) is 0 Å². The highest BCUT2D eigenvalue weighted by molar-refractivity contribution is 5.79. The second kappa shape index (κ2) is 9.66. The van der Waals surface area contributed by atoms with Crippen molar-refractivity contribution < 1.29 is 23.8 Å². The highest BCUT2D eigenvalue weighted by Gasteiger charge is 2.47. The average Bonchev–Trinajstić information content (AvgIpc) is 3.47. The van der Waals surface area contributed by atoms with Crippen molar-refractivity contribution in [3.8, 4) is 11.1 Å². The molecule has 1 N–H and O–H groups in total. The zero-order valence-corrected chi connectivity index (χ0v) is 20.4. The van der Waals surface area contributed by atoms with Crippen LogP contribution in [0.2, 0.25) is 0 Å². The molecule has 2 aliphatic carbocycles. The zero-order chi connectivity index (χ0) is 24.3. The third-order valence-corrected chi connectivity index (χ3v) is 6.28. The average molecular weight is 467 g/mol. The Balaban J connectivity index is 1.38. The first-order valence-electron chi connectivity index (χ1n) is 11.8. The summed E-state index contributed by atoms with van der Waals surface area (Å²) in [6.07, 6.45) is 0.688. The normalized spacial score (nSPS) is 15.8. The number of nitrogens with zero attached hydrogens (tertiary/aromatic N) is 1. The molecular weight excluding hydrogens is 432 g/mol. The fourth-order valence-corrected chi connectivity index (χ4v) is 4.45. The number of methoxy groups -OCH3 is 1. The summed E-state index contributed by atoms with van der Waals surface area (Å²) in [6, 6.07) is 16.5. The van der Waals surface area contributed by atoms with Gasteiger partial charge in [-0.1, -0.05) is 48.5 Å². The van der Waals surface area contributed by atoms with E-state index in [4.69, 9.17) is 14.2 Å². The van der Waals surface area contributed by atoms with Crippen molar-refractivity contribution in [2.45, 2.75) is 50.7 Å². The summed E-state index contributed by atoms with van der Waals surface area (Å²) in [6.45, 7) is 6.90. The van der Waals surface area contributed by atoms with Gasteiger partial charge in [-0.25, -0.2) is 9.59 Å². The maximum Gasteiger partial charge on any atom is 0.410 e. The third-order valence-electron chi connectivity index (χ3n) is 6.28. The fraction of sp³-hybridized carbons (Fsp3) is 0.481. The molecule has 182 valence electrons. The van der Waals surface area contributed by atoms with Gasteiger partial charge in [0.05, 0.1) is 12.1 Å². The predicted molar refractivity (Wildman–Crippen MR) is 130 cm³/mol. The van der Waals surface area contributed by atoms with E-state index in [9.17, 15) is 9.59 Å². The number of hydrogen-bond donors (Lipinski definition) is 1. The number of benzene rings is 2. The van der Waals surface area contributed by atoms with Crippen LogP contribution < -0.4 is 5.32 Å². The lowest BCUT2D eigenvalue weighted by atomic mass is 9.98. The lowest BCUT2D eigenvalue weighted by Gasteiger charge is -2.30. The molecule has 2 aliphatic rings. The van der Waals surface area contributed by atoms with Gasteiger partial charge in [0, 0.05) is 26.1 Å². The minimum atomic E-state index is -0.598. The fourth-order valence-electron chi connectivity index (χ4n) is 4.45. The van der Waals surface area contributed by atoms with E-state index in [0.717, 1.165) is 12.8 Å². The predicted octanol–water partition coefficient (Wildman–Crippen LogP) is 4.94. The molecule has 0 atom stereocenters. The van der Waals surface area contributed by atoms with E-state index in [1.165, 1.54) is 22.3 Å². The maximum absolute atomic E-state index is 12.8. The Labute approximate surface area is 201 Å². The summed E-state index contributed by atoms with van der Waals surface area (Å²) in [5.41, 5.74) is 3.64. The van der Waals surface area contributed by atoms with Crippen LogP contribution in [0.3, 0.4) is 0 Å². The van der Waals surface area contributed by atoms with Gasteiger partial charge in [-0.3, -0.25) is 0 Å². The van der Waals surface area contributed by atoms with Crippen LogP contribution in [0.1, 0.15) is 50.7 Å². The maximum atomic E-state index is 12.8. The first-order valence-corrected chi connectivity index (χ1v) is 11.8. The second-order valence-electron chi connectivity index (χ2n) is 10.1. The topological polar surface area (TPSA) is 77.1 Å². The Morgan fingerprint density at radius 2 is 1.62 bits per heavy atom. The van der Waals surface area contributed by atoms with Crippen LogP contribution in [0.25, 0.3) is 11.1 Å². The Morgan fingerprint density at radius 1 is 1.03 bits per heavy atom. The minimum Gasteiger partial charge on any atom is -0.449 e. The van der Waals surface area contributed by atoms with E-state index in [1.807, 2.05) is 45.0 Å². The molecule has 1 saturated carbocycles. The highest BCUT2D eigenvalue weighted by atomic mass is 16.6. The molecule has 0 saturated heterocycles. The van der Waals surface area contributed by atoms with Gasteiger partial charge < -0.3 is 24.4 Å². The molecule has 2 aromatic carbocycles. The first kappa shape index (κ1) is 24.1. The number of hydrogen-bond acceptors (Lipinski definition) is 5. The Morgan fingerprint density at radius 3 is 2.15 bits per heavy atom. The summed E-state index contributed by atoms with van der Waals surface area (Å²) in [7, 11) is 1.59. The van der Waals surface area contributed by atoms with Crippen molar-refractivity contribution >= 4 is 12.2 Å². The van der Waals surface area contributed by atoms with Crippen LogP contribution in [-0.4, -0.2) is 61.6 Å². The first-order chi connectivity index (χ1) is 16.2.